The van der Waals surface area contributed by atoms with E-state index >= 15 is 0 Å². The third kappa shape index (κ3) is 16.4. The summed E-state index contributed by atoms with van der Waals surface area (Å²) in [7, 11) is 1.63. The molecule has 2 N–H and O–H groups in total. The number of ether oxygens (including phenoxy) is 6. The van der Waals surface area contributed by atoms with Crippen LogP contribution in [0.5, 0.6) is 0 Å². The normalized spacial score (nSPS) is 15.4. The Morgan fingerprint density at radius 3 is 1.85 bits per heavy atom. The molecule has 2 rings (SSSR count). The van der Waals surface area contributed by atoms with E-state index in [0.29, 0.717) is 92.1 Å². The Kier molecular flexibility index (Phi) is 19.0. The van der Waals surface area contributed by atoms with Crippen molar-refractivity contribution in [3.63, 3.8) is 0 Å². The van der Waals surface area contributed by atoms with Crippen LogP contribution in [0.1, 0.15) is 5.56 Å². The lowest BCUT2D eigenvalue weighted by atomic mass is 10.2. The van der Waals surface area contributed by atoms with Gasteiger partial charge in [0, 0.05) is 59.5 Å². The van der Waals surface area contributed by atoms with Crippen molar-refractivity contribution in [2.45, 2.75) is 6.61 Å². The summed E-state index contributed by atoms with van der Waals surface area (Å²) in [6.07, 6.45) is -0.390. The molecule has 0 saturated carbocycles. The molecule has 1 aliphatic heterocycles. The first-order chi connectivity index (χ1) is 19.2. The monoisotopic (exact) mass is 554 g/mol. The van der Waals surface area contributed by atoms with Crippen LogP contribution in [-0.4, -0.2) is 141 Å². The maximum absolute atomic E-state index is 12.8. The fourth-order valence-electron chi connectivity index (χ4n) is 3.62. The van der Waals surface area contributed by atoms with Crippen molar-refractivity contribution >= 4 is 12.0 Å². The summed E-state index contributed by atoms with van der Waals surface area (Å²) in [5, 5.41) is 6.65. The highest BCUT2D eigenvalue weighted by Gasteiger charge is 2.20. The predicted molar refractivity (Wildman–Crippen MR) is 146 cm³/mol. The Morgan fingerprint density at radius 1 is 0.692 bits per heavy atom. The largest absolute Gasteiger partial charge is 0.445 e. The summed E-state index contributed by atoms with van der Waals surface area (Å²) in [4.78, 5) is 29.0. The first-order valence-corrected chi connectivity index (χ1v) is 13.7. The first kappa shape index (κ1) is 32.9. The van der Waals surface area contributed by atoms with Crippen molar-refractivity contribution in [1.82, 2.24) is 20.4 Å². The lowest BCUT2D eigenvalue weighted by molar-refractivity contribution is -0.137. The number of nitrogens with zero attached hydrogens (tertiary/aromatic N) is 2. The third-order valence-electron chi connectivity index (χ3n) is 5.82. The number of carbonyl (C=O) groups excluding carboxylic acids is 2. The van der Waals surface area contributed by atoms with Gasteiger partial charge in [0.05, 0.1) is 52.9 Å². The minimum absolute atomic E-state index is 0.0430. The zero-order valence-electron chi connectivity index (χ0n) is 23.3. The Morgan fingerprint density at radius 2 is 1.23 bits per heavy atom. The van der Waals surface area contributed by atoms with E-state index in [-0.39, 0.29) is 25.2 Å². The van der Waals surface area contributed by atoms with Gasteiger partial charge in [-0.1, -0.05) is 30.3 Å². The highest BCUT2D eigenvalue weighted by Crippen LogP contribution is 2.04. The summed E-state index contributed by atoms with van der Waals surface area (Å²) in [5.74, 6) is -0.124. The first-order valence-electron chi connectivity index (χ1n) is 13.7. The number of hydrogen-bond acceptors (Lipinski definition) is 10. The summed E-state index contributed by atoms with van der Waals surface area (Å²) < 4.78 is 32.2. The van der Waals surface area contributed by atoms with Gasteiger partial charge in [-0.25, -0.2) is 4.79 Å². The van der Waals surface area contributed by atoms with E-state index in [9.17, 15) is 9.59 Å². The molecule has 1 saturated heterocycles. The standard InChI is InChI=1S/C27H46N4O8/c1-34-15-16-35-17-18-36-19-20-37-21-22-38-24-26(32)30-11-9-28-7-8-29-10-12-31(14-13-30)27(33)39-23-25-5-3-2-4-6-25/h2-6,28-29H,7-24H2,1H3. The maximum Gasteiger partial charge on any atom is 0.410 e. The molecule has 1 aliphatic rings. The van der Waals surface area contributed by atoms with E-state index in [2.05, 4.69) is 10.6 Å². The van der Waals surface area contributed by atoms with Gasteiger partial charge < -0.3 is 48.9 Å². The van der Waals surface area contributed by atoms with Gasteiger partial charge in [0.15, 0.2) is 0 Å². The van der Waals surface area contributed by atoms with Crippen LogP contribution in [0.25, 0.3) is 0 Å². The summed E-state index contributed by atoms with van der Waals surface area (Å²) in [6.45, 7) is 8.54. The van der Waals surface area contributed by atoms with E-state index in [1.165, 1.54) is 0 Å². The summed E-state index contributed by atoms with van der Waals surface area (Å²) >= 11 is 0. The lowest BCUT2D eigenvalue weighted by Gasteiger charge is -2.28. The molecule has 1 fully saturated rings. The molecule has 0 aromatic heterocycles. The second-order valence-corrected chi connectivity index (χ2v) is 8.79. The highest BCUT2D eigenvalue weighted by atomic mass is 16.6. The Balaban J connectivity index is 1.65. The quantitative estimate of drug-likeness (QED) is 0.277. The molecule has 222 valence electrons. The molecular formula is C27H46N4O8. The van der Waals surface area contributed by atoms with Gasteiger partial charge in [0.1, 0.15) is 13.2 Å². The molecule has 12 heteroatoms. The van der Waals surface area contributed by atoms with Crippen molar-refractivity contribution in [1.29, 1.82) is 0 Å². The summed E-state index contributed by atoms with van der Waals surface area (Å²) in [5.41, 5.74) is 0.929. The van der Waals surface area contributed by atoms with Gasteiger partial charge in [0.2, 0.25) is 5.91 Å². The highest BCUT2D eigenvalue weighted by molar-refractivity contribution is 5.77. The lowest BCUT2D eigenvalue weighted by Crippen LogP contribution is -2.47. The van der Waals surface area contributed by atoms with Gasteiger partial charge in [-0.2, -0.15) is 0 Å². The molecule has 0 radical (unpaired) electrons. The Hall–Kier alpha value is -2.32. The fraction of sp³-hybridized carbons (Fsp3) is 0.704. The molecule has 0 spiro atoms. The Labute approximate surface area is 232 Å². The third-order valence-corrected chi connectivity index (χ3v) is 5.82. The summed E-state index contributed by atoms with van der Waals surface area (Å²) in [6, 6.07) is 9.57. The van der Waals surface area contributed by atoms with Crippen molar-refractivity contribution in [2.75, 3.05) is 119 Å². The molecule has 0 bridgehead atoms. The molecule has 39 heavy (non-hydrogen) atoms. The zero-order valence-corrected chi connectivity index (χ0v) is 23.3. The molecule has 0 atom stereocenters. The molecule has 2 amide bonds. The van der Waals surface area contributed by atoms with Crippen molar-refractivity contribution < 1.29 is 38.0 Å². The van der Waals surface area contributed by atoms with Crippen LogP contribution >= 0.6 is 0 Å². The molecule has 0 unspecified atom stereocenters. The number of carbonyl (C=O) groups is 2. The van der Waals surface area contributed by atoms with E-state index in [1.54, 1.807) is 16.9 Å². The van der Waals surface area contributed by atoms with E-state index < -0.39 is 0 Å². The number of hydrogen-bond donors (Lipinski definition) is 2. The average molecular weight is 555 g/mol. The van der Waals surface area contributed by atoms with Crippen molar-refractivity contribution in [3.8, 4) is 0 Å². The van der Waals surface area contributed by atoms with Crippen LogP contribution in [0.4, 0.5) is 4.79 Å². The van der Waals surface area contributed by atoms with Gasteiger partial charge in [-0.3, -0.25) is 4.79 Å². The number of benzene rings is 1. The minimum Gasteiger partial charge on any atom is -0.445 e. The second-order valence-electron chi connectivity index (χ2n) is 8.79. The van der Waals surface area contributed by atoms with Crippen LogP contribution in [0, 0.1) is 0 Å². The van der Waals surface area contributed by atoms with Gasteiger partial charge >= 0.3 is 6.09 Å². The zero-order chi connectivity index (χ0) is 27.8. The number of amides is 2. The van der Waals surface area contributed by atoms with E-state index in [1.807, 2.05) is 30.3 Å². The SMILES string of the molecule is COCCOCCOCCOCCOCC(=O)N1CCNCCNCCN(C(=O)OCc2ccccc2)CC1. The smallest absolute Gasteiger partial charge is 0.410 e. The maximum atomic E-state index is 12.8. The van der Waals surface area contributed by atoms with E-state index in [0.717, 1.165) is 18.7 Å². The van der Waals surface area contributed by atoms with Crippen LogP contribution in [0.2, 0.25) is 0 Å². The molecule has 1 aromatic rings. The second kappa shape index (κ2) is 22.5. The van der Waals surface area contributed by atoms with Crippen molar-refractivity contribution in [2.24, 2.45) is 0 Å². The molecule has 1 heterocycles. The van der Waals surface area contributed by atoms with Crippen molar-refractivity contribution in [3.05, 3.63) is 35.9 Å². The topological polar surface area (TPSA) is 120 Å². The molecule has 0 aliphatic carbocycles. The number of methoxy groups -OCH3 is 1. The Bertz CT molecular complexity index is 759. The average Bonchev–Trinajstić information content (AvgIpc) is 2.95. The van der Waals surface area contributed by atoms with Crippen LogP contribution < -0.4 is 10.6 Å². The molecular weight excluding hydrogens is 508 g/mol. The van der Waals surface area contributed by atoms with E-state index in [4.69, 9.17) is 28.4 Å². The van der Waals surface area contributed by atoms with Crippen LogP contribution in [-0.2, 0) is 39.8 Å². The molecule has 1 aromatic carbocycles. The van der Waals surface area contributed by atoms with Crippen LogP contribution in [0.15, 0.2) is 30.3 Å². The number of nitrogens with one attached hydrogen (secondary N) is 2. The van der Waals surface area contributed by atoms with Crippen LogP contribution in [0.3, 0.4) is 0 Å². The molecule has 12 nitrogen and oxygen atoms in total. The van der Waals surface area contributed by atoms with Gasteiger partial charge in [-0.05, 0) is 5.56 Å². The minimum atomic E-state index is -0.390. The van der Waals surface area contributed by atoms with Gasteiger partial charge in [0.25, 0.3) is 0 Å². The fourth-order valence-corrected chi connectivity index (χ4v) is 3.62. The number of rotatable bonds is 16. The van der Waals surface area contributed by atoms with Gasteiger partial charge in [-0.15, -0.1) is 0 Å². The predicted octanol–water partition coefficient (Wildman–Crippen LogP) is 0.359.